The summed E-state index contributed by atoms with van der Waals surface area (Å²) < 4.78 is 0. The van der Waals surface area contributed by atoms with Gasteiger partial charge in [0.15, 0.2) is 0 Å². The topological polar surface area (TPSA) is 60.9 Å². The highest BCUT2D eigenvalue weighted by Gasteiger charge is 2.29. The maximum atomic E-state index is 12.1. The van der Waals surface area contributed by atoms with Crippen LogP contribution >= 0.6 is 0 Å². The lowest BCUT2D eigenvalue weighted by molar-refractivity contribution is -0.153. The Hall–Kier alpha value is -2.11. The van der Waals surface area contributed by atoms with Gasteiger partial charge in [0.05, 0.1) is 0 Å². The van der Waals surface area contributed by atoms with E-state index in [4.69, 9.17) is 0 Å². The quantitative estimate of drug-likeness (QED) is 0.532. The predicted octanol–water partition coefficient (Wildman–Crippen LogP) is -0.122. The fourth-order valence-electron chi connectivity index (χ4n) is 2.05. The van der Waals surface area contributed by atoms with Crippen molar-refractivity contribution >= 4 is 17.7 Å². The van der Waals surface area contributed by atoms with Crippen molar-refractivity contribution in [2.75, 3.05) is 39.3 Å². The number of piperazine rings is 1. The van der Waals surface area contributed by atoms with Crippen LogP contribution in [0.2, 0.25) is 0 Å². The summed E-state index contributed by atoms with van der Waals surface area (Å²) in [6.07, 6.45) is 3.14. The Kier molecular flexibility index (Phi) is 5.96. The zero-order chi connectivity index (χ0) is 15.1. The molecule has 20 heavy (non-hydrogen) atoms. The Labute approximate surface area is 119 Å². The smallest absolute Gasteiger partial charge is 0.312 e. The molecular formula is C14H21N3O3. The van der Waals surface area contributed by atoms with Crippen molar-refractivity contribution in [3.05, 3.63) is 25.3 Å². The number of nitrogens with zero attached hydrogens (tertiary/aromatic N) is 3. The molecule has 1 heterocycles. The number of hydrogen-bond donors (Lipinski definition) is 0. The zero-order valence-corrected chi connectivity index (χ0v) is 11.9. The maximum Gasteiger partial charge on any atom is 0.312 e. The van der Waals surface area contributed by atoms with E-state index < -0.39 is 11.8 Å². The first-order valence-electron chi connectivity index (χ1n) is 6.56. The summed E-state index contributed by atoms with van der Waals surface area (Å²) in [7, 11) is 0. The van der Waals surface area contributed by atoms with Gasteiger partial charge in [0.2, 0.25) is 5.91 Å². The molecule has 6 nitrogen and oxygen atoms in total. The second kappa shape index (κ2) is 7.47. The summed E-state index contributed by atoms with van der Waals surface area (Å²) >= 11 is 0. The van der Waals surface area contributed by atoms with Gasteiger partial charge in [-0.3, -0.25) is 14.4 Å². The molecule has 6 heteroatoms. The van der Waals surface area contributed by atoms with E-state index >= 15 is 0 Å². The molecule has 0 aromatic heterocycles. The highest BCUT2D eigenvalue weighted by atomic mass is 16.2. The number of carbonyl (C=O) groups is 3. The molecule has 1 saturated heterocycles. The monoisotopic (exact) mass is 279 g/mol. The molecule has 0 bridgehead atoms. The van der Waals surface area contributed by atoms with E-state index in [9.17, 15) is 14.4 Å². The van der Waals surface area contributed by atoms with E-state index in [2.05, 4.69) is 13.2 Å². The second-order valence-electron chi connectivity index (χ2n) is 4.59. The minimum absolute atomic E-state index is 0.0108. The van der Waals surface area contributed by atoms with Crippen molar-refractivity contribution < 1.29 is 14.4 Å². The van der Waals surface area contributed by atoms with E-state index in [1.54, 1.807) is 17.1 Å². The van der Waals surface area contributed by atoms with Crippen molar-refractivity contribution in [2.24, 2.45) is 0 Å². The molecule has 0 spiro atoms. The summed E-state index contributed by atoms with van der Waals surface area (Å²) in [4.78, 5) is 40.0. The fraction of sp³-hybridized carbons (Fsp3) is 0.500. The van der Waals surface area contributed by atoms with Gasteiger partial charge >= 0.3 is 11.8 Å². The minimum atomic E-state index is -0.555. The van der Waals surface area contributed by atoms with Crippen molar-refractivity contribution in [3.63, 3.8) is 0 Å². The van der Waals surface area contributed by atoms with Crippen LogP contribution in [-0.2, 0) is 14.4 Å². The lowest BCUT2D eigenvalue weighted by Crippen LogP contribution is -2.54. The predicted molar refractivity (Wildman–Crippen MR) is 75.8 cm³/mol. The third-order valence-electron chi connectivity index (χ3n) is 3.18. The van der Waals surface area contributed by atoms with E-state index in [1.165, 1.54) is 16.7 Å². The third-order valence-corrected chi connectivity index (χ3v) is 3.18. The molecule has 3 amide bonds. The van der Waals surface area contributed by atoms with Crippen LogP contribution < -0.4 is 0 Å². The highest BCUT2D eigenvalue weighted by Crippen LogP contribution is 2.04. The number of hydrogen-bond acceptors (Lipinski definition) is 3. The first-order chi connectivity index (χ1) is 9.51. The average Bonchev–Trinajstić information content (AvgIpc) is 2.45. The molecule has 0 aromatic carbocycles. The SMILES string of the molecule is C=CCN(CC=C)C(=O)C(=O)N1CCN(C(C)=O)CC1. The van der Waals surface area contributed by atoms with Crippen LogP contribution in [0.25, 0.3) is 0 Å². The number of carbonyl (C=O) groups excluding carboxylic acids is 3. The van der Waals surface area contributed by atoms with Gasteiger partial charge < -0.3 is 14.7 Å². The van der Waals surface area contributed by atoms with Crippen LogP contribution in [0.1, 0.15) is 6.92 Å². The van der Waals surface area contributed by atoms with E-state index in [0.29, 0.717) is 39.3 Å². The zero-order valence-electron chi connectivity index (χ0n) is 11.9. The maximum absolute atomic E-state index is 12.1. The molecule has 0 aromatic rings. The van der Waals surface area contributed by atoms with E-state index in [1.807, 2.05) is 0 Å². The van der Waals surface area contributed by atoms with Gasteiger partial charge in [-0.2, -0.15) is 0 Å². The van der Waals surface area contributed by atoms with E-state index in [0.717, 1.165) is 0 Å². The largest absolute Gasteiger partial charge is 0.339 e. The Balaban J connectivity index is 2.61. The lowest BCUT2D eigenvalue weighted by atomic mass is 10.3. The van der Waals surface area contributed by atoms with Gasteiger partial charge in [0, 0.05) is 46.2 Å². The highest BCUT2D eigenvalue weighted by molar-refractivity contribution is 6.35. The van der Waals surface area contributed by atoms with Crippen LogP contribution in [-0.4, -0.2) is 71.7 Å². The Morgan fingerprint density at radius 3 is 1.85 bits per heavy atom. The van der Waals surface area contributed by atoms with Gasteiger partial charge in [0.1, 0.15) is 0 Å². The third kappa shape index (κ3) is 3.94. The Morgan fingerprint density at radius 2 is 1.45 bits per heavy atom. The van der Waals surface area contributed by atoms with Crippen molar-refractivity contribution in [2.45, 2.75) is 6.92 Å². The van der Waals surface area contributed by atoms with Crippen LogP contribution in [0.3, 0.4) is 0 Å². The molecular weight excluding hydrogens is 258 g/mol. The van der Waals surface area contributed by atoms with Crippen molar-refractivity contribution in [1.29, 1.82) is 0 Å². The molecule has 1 fully saturated rings. The van der Waals surface area contributed by atoms with Crippen LogP contribution in [0.4, 0.5) is 0 Å². The van der Waals surface area contributed by atoms with Gasteiger partial charge in [-0.25, -0.2) is 0 Å². The molecule has 1 aliphatic rings. The van der Waals surface area contributed by atoms with Crippen molar-refractivity contribution in [1.82, 2.24) is 14.7 Å². The molecule has 0 saturated carbocycles. The number of rotatable bonds is 4. The van der Waals surface area contributed by atoms with Gasteiger partial charge in [-0.05, 0) is 0 Å². The molecule has 0 radical (unpaired) electrons. The van der Waals surface area contributed by atoms with Crippen LogP contribution in [0.15, 0.2) is 25.3 Å². The van der Waals surface area contributed by atoms with Crippen molar-refractivity contribution in [3.8, 4) is 0 Å². The normalized spacial score (nSPS) is 14.7. The summed E-state index contributed by atoms with van der Waals surface area (Å²) in [5, 5.41) is 0. The summed E-state index contributed by atoms with van der Waals surface area (Å²) in [6, 6.07) is 0. The van der Waals surface area contributed by atoms with Crippen LogP contribution in [0, 0.1) is 0 Å². The molecule has 0 aliphatic carbocycles. The summed E-state index contributed by atoms with van der Waals surface area (Å²) in [5.41, 5.74) is 0. The Morgan fingerprint density at radius 1 is 1.00 bits per heavy atom. The van der Waals surface area contributed by atoms with E-state index in [-0.39, 0.29) is 5.91 Å². The van der Waals surface area contributed by atoms with Gasteiger partial charge in [0.25, 0.3) is 0 Å². The molecule has 1 aliphatic heterocycles. The molecule has 0 N–H and O–H groups in total. The standard InChI is InChI=1S/C14H21N3O3/c1-4-6-16(7-5-2)13(19)14(20)17-10-8-15(9-11-17)12(3)18/h4-5H,1-2,6-11H2,3H3. The van der Waals surface area contributed by atoms with Gasteiger partial charge in [-0.15, -0.1) is 13.2 Å². The summed E-state index contributed by atoms with van der Waals surface area (Å²) in [6.45, 7) is 11.0. The molecule has 0 unspecified atom stereocenters. The minimum Gasteiger partial charge on any atom is -0.339 e. The van der Waals surface area contributed by atoms with Gasteiger partial charge in [-0.1, -0.05) is 12.2 Å². The summed E-state index contributed by atoms with van der Waals surface area (Å²) in [5.74, 6) is -1.10. The first-order valence-corrected chi connectivity index (χ1v) is 6.56. The lowest BCUT2D eigenvalue weighted by Gasteiger charge is -2.34. The van der Waals surface area contributed by atoms with Crippen LogP contribution in [0.5, 0.6) is 0 Å². The molecule has 0 atom stereocenters. The first kappa shape index (κ1) is 15.9. The molecule has 1 rings (SSSR count). The average molecular weight is 279 g/mol. The Bertz CT molecular complexity index is 402. The number of amides is 3. The fourth-order valence-corrected chi connectivity index (χ4v) is 2.05. The second-order valence-corrected chi connectivity index (χ2v) is 4.59. The molecule has 110 valence electrons.